The Kier molecular flexibility index (Phi) is 7.28. The average Bonchev–Trinajstić information content (AvgIpc) is 3.04. The van der Waals surface area contributed by atoms with Crippen LogP contribution in [0.1, 0.15) is 38.3 Å². The zero-order valence-electron chi connectivity index (χ0n) is 18.3. The van der Waals surface area contributed by atoms with Crippen LogP contribution in [0.5, 0.6) is 17.2 Å². The van der Waals surface area contributed by atoms with Crippen LogP contribution < -0.4 is 19.9 Å². The van der Waals surface area contributed by atoms with Crippen molar-refractivity contribution in [2.45, 2.75) is 32.6 Å². The molecule has 0 atom stereocenters. The Hall–Kier alpha value is -2.93. The van der Waals surface area contributed by atoms with Crippen LogP contribution in [0.25, 0.3) is 6.08 Å². The summed E-state index contributed by atoms with van der Waals surface area (Å²) in [5.41, 5.74) is 7.76. The lowest BCUT2D eigenvalue weighted by atomic mass is 9.87. The summed E-state index contributed by atoms with van der Waals surface area (Å²) in [6.45, 7) is 7.53. The molecule has 1 aliphatic heterocycles. The van der Waals surface area contributed by atoms with E-state index in [-0.39, 0.29) is 16.5 Å². The van der Waals surface area contributed by atoms with Gasteiger partial charge in [0.15, 0.2) is 16.7 Å². The predicted octanol–water partition coefficient (Wildman–Crippen LogP) is 4.77. The molecular weight excluding hydrogens is 412 g/mol. The van der Waals surface area contributed by atoms with Gasteiger partial charge in [-0.25, -0.2) is 0 Å². The molecule has 0 aliphatic carbocycles. The largest absolute Gasteiger partial charge is 0.493 e. The second-order valence-electron chi connectivity index (χ2n) is 8.07. The lowest BCUT2D eigenvalue weighted by Crippen LogP contribution is -2.11. The number of hydrogen-bond acceptors (Lipinski definition) is 6. The maximum atomic E-state index is 11.9. The third kappa shape index (κ3) is 6.04. The quantitative estimate of drug-likeness (QED) is 0.470. The molecular formula is C24H28N2O4S. The Balaban J connectivity index is 1.58. The molecule has 2 N–H and O–H groups in total. The third-order valence-electron chi connectivity index (χ3n) is 4.68. The van der Waals surface area contributed by atoms with E-state index in [1.165, 1.54) is 5.56 Å². The Morgan fingerprint density at radius 2 is 1.77 bits per heavy atom. The number of aliphatic imine (C=N–C) groups is 1. The molecule has 1 heterocycles. The van der Waals surface area contributed by atoms with Gasteiger partial charge in [0.05, 0.1) is 25.2 Å². The van der Waals surface area contributed by atoms with Gasteiger partial charge in [-0.05, 0) is 47.0 Å². The molecule has 0 fully saturated rings. The number of thioether (sulfide) groups is 1. The van der Waals surface area contributed by atoms with E-state index in [1.54, 1.807) is 13.2 Å². The summed E-state index contributed by atoms with van der Waals surface area (Å²) in [5.74, 6) is 1.66. The van der Waals surface area contributed by atoms with Crippen molar-refractivity contribution in [2.75, 3.05) is 20.3 Å². The van der Waals surface area contributed by atoms with Crippen LogP contribution in [0, 0.1) is 0 Å². The molecule has 0 spiro atoms. The van der Waals surface area contributed by atoms with Gasteiger partial charge in [-0.2, -0.15) is 4.99 Å². The predicted molar refractivity (Wildman–Crippen MR) is 126 cm³/mol. The first kappa shape index (κ1) is 22.7. The number of ether oxygens (including phenoxy) is 3. The van der Waals surface area contributed by atoms with Crippen molar-refractivity contribution >= 4 is 28.9 Å². The van der Waals surface area contributed by atoms with Crippen LogP contribution in [0.15, 0.2) is 52.4 Å². The van der Waals surface area contributed by atoms with Gasteiger partial charge >= 0.3 is 0 Å². The van der Waals surface area contributed by atoms with E-state index in [4.69, 9.17) is 19.9 Å². The fraction of sp³-hybridized carbons (Fsp3) is 0.333. The summed E-state index contributed by atoms with van der Waals surface area (Å²) < 4.78 is 17.3. The number of amidine groups is 1. The molecule has 2 aromatic carbocycles. The molecule has 0 saturated heterocycles. The summed E-state index contributed by atoms with van der Waals surface area (Å²) in [6, 6.07) is 13.7. The van der Waals surface area contributed by atoms with Gasteiger partial charge in [0.2, 0.25) is 0 Å². The Morgan fingerprint density at radius 3 is 2.39 bits per heavy atom. The molecule has 0 unspecified atom stereocenters. The molecule has 0 aromatic heterocycles. The number of nitrogens with zero attached hydrogens (tertiary/aromatic N) is 1. The minimum Gasteiger partial charge on any atom is -0.493 e. The van der Waals surface area contributed by atoms with Crippen molar-refractivity contribution in [3.05, 3.63) is 58.5 Å². The number of carbonyl (C=O) groups is 1. The molecule has 6 nitrogen and oxygen atoms in total. The van der Waals surface area contributed by atoms with Gasteiger partial charge < -0.3 is 19.9 Å². The number of amides is 1. The summed E-state index contributed by atoms with van der Waals surface area (Å²) in [5, 5.41) is 0.245. The zero-order valence-corrected chi connectivity index (χ0v) is 19.1. The monoisotopic (exact) mass is 440 g/mol. The van der Waals surface area contributed by atoms with Gasteiger partial charge in [0, 0.05) is 12.0 Å². The average molecular weight is 441 g/mol. The van der Waals surface area contributed by atoms with E-state index in [1.807, 2.05) is 30.3 Å². The second kappa shape index (κ2) is 9.92. The number of rotatable bonds is 8. The summed E-state index contributed by atoms with van der Waals surface area (Å²) in [4.78, 5) is 16.1. The molecule has 1 aliphatic rings. The van der Waals surface area contributed by atoms with E-state index in [2.05, 4.69) is 37.9 Å². The number of hydrogen-bond donors (Lipinski definition) is 1. The highest BCUT2D eigenvalue weighted by Crippen LogP contribution is 2.35. The van der Waals surface area contributed by atoms with E-state index in [0.29, 0.717) is 36.0 Å². The highest BCUT2D eigenvalue weighted by Gasteiger charge is 2.21. The number of carbonyl (C=O) groups excluding carboxylic acids is 1. The number of nitrogens with two attached hydrogens (primary N) is 1. The first-order chi connectivity index (χ1) is 14.8. The standard InChI is InChI=1S/C24H28N2O4S/c1-24(2,3)17-9-11-18(12-10-17)29-13-6-14-30-21-16(7-5-8-19(21)28-4)15-20-22(27)26-23(25)31-20/h5,7-12,15H,6,13-14H2,1-4H3,(H2,25,26,27)/b20-15-. The van der Waals surface area contributed by atoms with Crippen LogP contribution in [0.4, 0.5) is 0 Å². The number of para-hydroxylation sites is 1. The summed E-state index contributed by atoms with van der Waals surface area (Å²) in [6.07, 6.45) is 2.42. The topological polar surface area (TPSA) is 83.1 Å². The van der Waals surface area contributed by atoms with Gasteiger partial charge in [0.1, 0.15) is 5.75 Å². The van der Waals surface area contributed by atoms with Crippen molar-refractivity contribution in [1.82, 2.24) is 0 Å². The number of methoxy groups -OCH3 is 1. The van der Waals surface area contributed by atoms with Crippen molar-refractivity contribution in [1.29, 1.82) is 0 Å². The van der Waals surface area contributed by atoms with Gasteiger partial charge in [-0.15, -0.1) is 0 Å². The fourth-order valence-corrected chi connectivity index (χ4v) is 3.68. The lowest BCUT2D eigenvalue weighted by molar-refractivity contribution is -0.113. The van der Waals surface area contributed by atoms with Crippen molar-refractivity contribution in [3.63, 3.8) is 0 Å². The first-order valence-corrected chi connectivity index (χ1v) is 10.9. The fourth-order valence-electron chi connectivity index (χ4n) is 3.00. The maximum Gasteiger partial charge on any atom is 0.286 e. The minimum absolute atomic E-state index is 0.119. The maximum absolute atomic E-state index is 11.9. The van der Waals surface area contributed by atoms with Crippen LogP contribution in [-0.4, -0.2) is 31.4 Å². The molecule has 3 rings (SSSR count). The third-order valence-corrected chi connectivity index (χ3v) is 5.49. The minimum atomic E-state index is -0.345. The number of benzene rings is 2. The van der Waals surface area contributed by atoms with Crippen molar-refractivity contribution in [2.24, 2.45) is 10.7 Å². The molecule has 164 valence electrons. The smallest absolute Gasteiger partial charge is 0.286 e. The highest BCUT2D eigenvalue weighted by atomic mass is 32.2. The van der Waals surface area contributed by atoms with Crippen LogP contribution in [0.3, 0.4) is 0 Å². The van der Waals surface area contributed by atoms with E-state index >= 15 is 0 Å². The summed E-state index contributed by atoms with van der Waals surface area (Å²) in [7, 11) is 1.58. The molecule has 0 bridgehead atoms. The SMILES string of the molecule is COc1cccc(/C=C2\SC(N)=NC2=O)c1OCCCOc1ccc(C(C)(C)C)cc1. The van der Waals surface area contributed by atoms with Crippen LogP contribution in [-0.2, 0) is 10.2 Å². The Labute approximate surface area is 187 Å². The molecule has 7 heteroatoms. The zero-order chi connectivity index (χ0) is 22.4. The lowest BCUT2D eigenvalue weighted by Gasteiger charge is -2.19. The van der Waals surface area contributed by atoms with Crippen molar-refractivity contribution in [3.8, 4) is 17.2 Å². The summed E-state index contributed by atoms with van der Waals surface area (Å²) >= 11 is 1.15. The van der Waals surface area contributed by atoms with E-state index < -0.39 is 0 Å². The van der Waals surface area contributed by atoms with E-state index in [0.717, 1.165) is 23.1 Å². The Bertz CT molecular complexity index is 992. The van der Waals surface area contributed by atoms with Crippen molar-refractivity contribution < 1.29 is 19.0 Å². The highest BCUT2D eigenvalue weighted by molar-refractivity contribution is 8.18. The van der Waals surface area contributed by atoms with Crippen LogP contribution in [0.2, 0.25) is 0 Å². The molecule has 2 aromatic rings. The van der Waals surface area contributed by atoms with Gasteiger partial charge in [-0.1, -0.05) is 45.0 Å². The second-order valence-corrected chi connectivity index (χ2v) is 9.13. The Morgan fingerprint density at radius 1 is 1.06 bits per heavy atom. The first-order valence-electron chi connectivity index (χ1n) is 10.1. The van der Waals surface area contributed by atoms with Gasteiger partial charge in [0.25, 0.3) is 5.91 Å². The van der Waals surface area contributed by atoms with E-state index in [9.17, 15) is 4.79 Å². The molecule has 31 heavy (non-hydrogen) atoms. The normalized spacial score (nSPS) is 15.2. The van der Waals surface area contributed by atoms with Crippen LogP contribution >= 0.6 is 11.8 Å². The molecule has 0 saturated carbocycles. The molecule has 0 radical (unpaired) electrons. The van der Waals surface area contributed by atoms with Gasteiger partial charge in [-0.3, -0.25) is 4.79 Å². The molecule has 1 amide bonds.